The van der Waals surface area contributed by atoms with Gasteiger partial charge in [0, 0.05) is 19.5 Å². The molecule has 0 aromatic heterocycles. The van der Waals surface area contributed by atoms with Crippen molar-refractivity contribution in [3.8, 4) is 5.75 Å². The first kappa shape index (κ1) is 22.3. The molecule has 0 radical (unpaired) electrons. The van der Waals surface area contributed by atoms with Gasteiger partial charge in [0.25, 0.3) is 5.91 Å². The Kier molecular flexibility index (Phi) is 6.95. The van der Waals surface area contributed by atoms with Gasteiger partial charge < -0.3 is 9.64 Å². The van der Waals surface area contributed by atoms with Crippen molar-refractivity contribution in [2.75, 3.05) is 13.2 Å². The summed E-state index contributed by atoms with van der Waals surface area (Å²) in [7, 11) is 0. The van der Waals surface area contributed by atoms with E-state index in [0.717, 1.165) is 5.56 Å². The molecule has 3 amide bonds. The van der Waals surface area contributed by atoms with Crippen LogP contribution in [0.4, 0.5) is 0 Å². The van der Waals surface area contributed by atoms with Crippen molar-refractivity contribution in [3.63, 3.8) is 0 Å². The lowest BCUT2D eigenvalue weighted by atomic mass is 9.87. The summed E-state index contributed by atoms with van der Waals surface area (Å²) in [5.74, 6) is -0.849. The van der Waals surface area contributed by atoms with Crippen LogP contribution >= 0.6 is 0 Å². The molecular weight excluding hydrogens is 394 g/mol. The van der Waals surface area contributed by atoms with E-state index in [4.69, 9.17) is 4.74 Å². The van der Waals surface area contributed by atoms with Crippen LogP contribution in [0.1, 0.15) is 38.3 Å². The third-order valence-corrected chi connectivity index (χ3v) is 5.22. The van der Waals surface area contributed by atoms with Crippen LogP contribution in [0.3, 0.4) is 0 Å². The van der Waals surface area contributed by atoms with E-state index in [1.54, 1.807) is 4.90 Å². The largest absolute Gasteiger partial charge is 0.484 e. The minimum Gasteiger partial charge on any atom is -0.484 e. The van der Waals surface area contributed by atoms with E-state index in [9.17, 15) is 14.4 Å². The fourth-order valence-electron chi connectivity index (χ4n) is 3.37. The first-order valence-corrected chi connectivity index (χ1v) is 10.4. The monoisotopic (exact) mass is 423 g/mol. The maximum Gasteiger partial charge on any atom is 0.276 e. The molecule has 164 valence electrons. The standard InChI is InChI=1S/C24H29N3O4/c1-24(2,3)19-9-11-20(12-10-19)31-16-21(28)25-26-23(30)18-13-22(29)27(15-18)14-17-7-5-4-6-8-17/h4-12,18H,13-16H2,1-3H3,(H,25,28)(H,26,30). The Labute approximate surface area is 182 Å². The number of hydrogen-bond acceptors (Lipinski definition) is 4. The molecule has 0 aliphatic carbocycles. The van der Waals surface area contributed by atoms with E-state index >= 15 is 0 Å². The number of nitrogens with one attached hydrogen (secondary N) is 2. The topological polar surface area (TPSA) is 87.7 Å². The highest BCUT2D eigenvalue weighted by Gasteiger charge is 2.34. The lowest BCUT2D eigenvalue weighted by Crippen LogP contribution is -2.46. The minimum atomic E-state index is -0.498. The van der Waals surface area contributed by atoms with Crippen molar-refractivity contribution < 1.29 is 19.1 Å². The summed E-state index contributed by atoms with van der Waals surface area (Å²) in [6.07, 6.45) is 0.130. The molecule has 2 N–H and O–H groups in total. The highest BCUT2D eigenvalue weighted by Crippen LogP contribution is 2.24. The van der Waals surface area contributed by atoms with Crippen molar-refractivity contribution in [1.29, 1.82) is 0 Å². The molecule has 7 heteroatoms. The molecule has 1 aliphatic heterocycles. The van der Waals surface area contributed by atoms with E-state index in [1.165, 1.54) is 5.56 Å². The number of carbonyl (C=O) groups excluding carboxylic acids is 3. The maximum absolute atomic E-state index is 12.4. The van der Waals surface area contributed by atoms with Gasteiger partial charge in [-0.1, -0.05) is 63.2 Å². The van der Waals surface area contributed by atoms with Gasteiger partial charge in [0.2, 0.25) is 11.8 Å². The third kappa shape index (κ3) is 6.31. The molecule has 1 heterocycles. The Hall–Kier alpha value is -3.35. The molecule has 2 aromatic rings. The summed E-state index contributed by atoms with van der Waals surface area (Å²) in [5.41, 5.74) is 6.97. The van der Waals surface area contributed by atoms with Crippen molar-refractivity contribution in [2.45, 2.75) is 39.2 Å². The molecule has 0 saturated carbocycles. The predicted octanol–water partition coefficient (Wildman–Crippen LogP) is 2.56. The Bertz CT molecular complexity index is 920. The zero-order valence-corrected chi connectivity index (χ0v) is 18.2. The molecule has 1 saturated heterocycles. The van der Waals surface area contributed by atoms with E-state index in [2.05, 4.69) is 31.6 Å². The minimum absolute atomic E-state index is 0.0402. The van der Waals surface area contributed by atoms with Gasteiger partial charge in [-0.15, -0.1) is 0 Å². The van der Waals surface area contributed by atoms with Crippen LogP contribution in [0.5, 0.6) is 5.75 Å². The lowest BCUT2D eigenvalue weighted by Gasteiger charge is -2.19. The third-order valence-electron chi connectivity index (χ3n) is 5.22. The first-order chi connectivity index (χ1) is 14.7. The molecule has 1 fully saturated rings. The number of ether oxygens (including phenoxy) is 1. The van der Waals surface area contributed by atoms with Gasteiger partial charge in [0.05, 0.1) is 5.92 Å². The Balaban J connectivity index is 1.41. The first-order valence-electron chi connectivity index (χ1n) is 10.4. The molecular formula is C24H29N3O4. The molecule has 3 rings (SSSR count). The Morgan fingerprint density at radius 3 is 2.35 bits per heavy atom. The number of hydrazine groups is 1. The molecule has 7 nitrogen and oxygen atoms in total. The van der Waals surface area contributed by atoms with E-state index in [0.29, 0.717) is 18.8 Å². The number of benzene rings is 2. The average Bonchev–Trinajstić information content (AvgIpc) is 3.11. The van der Waals surface area contributed by atoms with Gasteiger partial charge in [-0.3, -0.25) is 25.2 Å². The number of likely N-dealkylation sites (tertiary alicyclic amines) is 1. The van der Waals surface area contributed by atoms with Crippen molar-refractivity contribution in [3.05, 3.63) is 65.7 Å². The summed E-state index contributed by atoms with van der Waals surface area (Å²) < 4.78 is 5.47. The zero-order valence-electron chi connectivity index (χ0n) is 18.2. The van der Waals surface area contributed by atoms with Crippen LogP contribution in [0.2, 0.25) is 0 Å². The van der Waals surface area contributed by atoms with Crippen LogP contribution in [-0.4, -0.2) is 35.8 Å². The van der Waals surface area contributed by atoms with Gasteiger partial charge in [-0.2, -0.15) is 0 Å². The molecule has 31 heavy (non-hydrogen) atoms. The van der Waals surface area contributed by atoms with Gasteiger partial charge in [0.1, 0.15) is 5.75 Å². The van der Waals surface area contributed by atoms with Crippen molar-refractivity contribution in [2.24, 2.45) is 5.92 Å². The number of carbonyl (C=O) groups is 3. The summed E-state index contributed by atoms with van der Waals surface area (Å²) in [4.78, 5) is 38.2. The Morgan fingerprint density at radius 1 is 1.03 bits per heavy atom. The van der Waals surface area contributed by atoms with Gasteiger partial charge in [0.15, 0.2) is 6.61 Å². The van der Waals surface area contributed by atoms with Crippen LogP contribution < -0.4 is 15.6 Å². The van der Waals surface area contributed by atoms with Gasteiger partial charge in [-0.25, -0.2) is 0 Å². The number of hydrogen-bond donors (Lipinski definition) is 2. The molecule has 0 bridgehead atoms. The van der Waals surface area contributed by atoms with Gasteiger partial charge >= 0.3 is 0 Å². The fourth-order valence-corrected chi connectivity index (χ4v) is 3.37. The lowest BCUT2D eigenvalue weighted by molar-refractivity contribution is -0.132. The normalized spacial score (nSPS) is 16.2. The van der Waals surface area contributed by atoms with E-state index in [1.807, 2.05) is 54.6 Å². The molecule has 1 atom stereocenters. The second kappa shape index (κ2) is 9.64. The highest BCUT2D eigenvalue weighted by atomic mass is 16.5. The molecule has 1 aliphatic rings. The summed E-state index contributed by atoms with van der Waals surface area (Å²) in [6.45, 7) is 6.94. The summed E-state index contributed by atoms with van der Waals surface area (Å²) in [5, 5.41) is 0. The SMILES string of the molecule is CC(C)(C)c1ccc(OCC(=O)NNC(=O)C2CC(=O)N(Cc3ccccc3)C2)cc1. The second-order valence-electron chi connectivity index (χ2n) is 8.76. The van der Waals surface area contributed by atoms with Crippen molar-refractivity contribution >= 4 is 17.7 Å². The highest BCUT2D eigenvalue weighted by molar-refractivity contribution is 5.90. The number of rotatable bonds is 6. The number of amides is 3. The maximum atomic E-state index is 12.4. The van der Waals surface area contributed by atoms with Gasteiger partial charge in [-0.05, 0) is 28.7 Å². The van der Waals surface area contributed by atoms with E-state index in [-0.39, 0.29) is 30.3 Å². The smallest absolute Gasteiger partial charge is 0.276 e. The fraction of sp³-hybridized carbons (Fsp3) is 0.375. The van der Waals surface area contributed by atoms with Crippen LogP contribution in [0.25, 0.3) is 0 Å². The molecule has 0 spiro atoms. The molecule has 1 unspecified atom stereocenters. The summed E-state index contributed by atoms with van der Waals surface area (Å²) in [6, 6.07) is 17.2. The molecule has 2 aromatic carbocycles. The quantitative estimate of drug-likeness (QED) is 0.699. The Morgan fingerprint density at radius 2 is 1.71 bits per heavy atom. The van der Waals surface area contributed by atoms with Crippen molar-refractivity contribution in [1.82, 2.24) is 15.8 Å². The van der Waals surface area contributed by atoms with Crippen LogP contribution in [-0.2, 0) is 26.3 Å². The predicted molar refractivity (Wildman–Crippen MR) is 117 cm³/mol. The average molecular weight is 424 g/mol. The summed E-state index contributed by atoms with van der Waals surface area (Å²) >= 11 is 0. The number of nitrogens with zero attached hydrogens (tertiary/aromatic N) is 1. The second-order valence-corrected chi connectivity index (χ2v) is 8.76. The zero-order chi connectivity index (χ0) is 22.4. The van der Waals surface area contributed by atoms with E-state index < -0.39 is 11.8 Å². The van der Waals surface area contributed by atoms with Crippen LogP contribution in [0.15, 0.2) is 54.6 Å². The van der Waals surface area contributed by atoms with Crippen LogP contribution in [0, 0.1) is 5.92 Å².